The maximum Gasteiger partial charge on any atom is 0.134 e. The van der Waals surface area contributed by atoms with E-state index >= 15 is 0 Å². The average Bonchev–Trinajstić information content (AvgIpc) is 3.03. The summed E-state index contributed by atoms with van der Waals surface area (Å²) < 4.78 is 11.9. The molecule has 20 heavy (non-hydrogen) atoms. The molecule has 2 saturated heterocycles. The van der Waals surface area contributed by atoms with E-state index in [4.69, 9.17) is 14.9 Å². The van der Waals surface area contributed by atoms with Crippen LogP contribution in [0, 0.1) is 0 Å². The number of morpholine rings is 1. The highest BCUT2D eigenvalue weighted by Gasteiger charge is 2.37. The lowest BCUT2D eigenvalue weighted by Crippen LogP contribution is -2.46. The molecule has 2 fully saturated rings. The zero-order valence-electron chi connectivity index (χ0n) is 11.5. The lowest BCUT2D eigenvalue weighted by Gasteiger charge is -2.36. The van der Waals surface area contributed by atoms with Gasteiger partial charge in [0.15, 0.2) is 0 Å². The number of hydrogen-bond acceptors (Lipinski definition) is 4. The molecule has 0 amide bonds. The van der Waals surface area contributed by atoms with Gasteiger partial charge in [0.1, 0.15) is 11.3 Å². The molecule has 1 aromatic heterocycles. The standard InChI is InChI=1S/C16H20N2O2/c17-8-14(18-9-12-5-6-13(10-18)19-12)16-7-11-3-1-2-4-15(11)20-16/h1-4,7,12-14H,5-6,8-10,17H2. The second kappa shape index (κ2) is 4.88. The zero-order chi connectivity index (χ0) is 13.5. The van der Waals surface area contributed by atoms with E-state index in [1.54, 1.807) is 0 Å². The van der Waals surface area contributed by atoms with E-state index in [2.05, 4.69) is 17.0 Å². The Hall–Kier alpha value is -1.36. The first-order valence-corrected chi connectivity index (χ1v) is 7.41. The number of fused-ring (bicyclic) bond motifs is 3. The molecule has 1 aromatic carbocycles. The van der Waals surface area contributed by atoms with Gasteiger partial charge in [-0.25, -0.2) is 0 Å². The molecule has 3 atom stereocenters. The van der Waals surface area contributed by atoms with Gasteiger partial charge in [-0.3, -0.25) is 4.90 Å². The van der Waals surface area contributed by atoms with Crippen molar-refractivity contribution in [3.8, 4) is 0 Å². The number of ether oxygens (including phenoxy) is 1. The first kappa shape index (κ1) is 12.4. The fourth-order valence-corrected chi connectivity index (χ4v) is 3.51. The molecular formula is C16H20N2O2. The van der Waals surface area contributed by atoms with Crippen molar-refractivity contribution in [3.05, 3.63) is 36.1 Å². The Morgan fingerprint density at radius 2 is 1.95 bits per heavy atom. The van der Waals surface area contributed by atoms with Crippen LogP contribution in [0.4, 0.5) is 0 Å². The molecule has 0 radical (unpaired) electrons. The molecule has 2 aliphatic heterocycles. The van der Waals surface area contributed by atoms with Crippen LogP contribution in [0.15, 0.2) is 34.7 Å². The molecule has 2 aromatic rings. The number of hydrogen-bond donors (Lipinski definition) is 1. The number of rotatable bonds is 3. The van der Waals surface area contributed by atoms with E-state index in [0.717, 1.165) is 29.8 Å². The van der Waals surface area contributed by atoms with Gasteiger partial charge < -0.3 is 14.9 Å². The highest BCUT2D eigenvalue weighted by molar-refractivity contribution is 5.77. The Labute approximate surface area is 118 Å². The van der Waals surface area contributed by atoms with Gasteiger partial charge in [-0.05, 0) is 25.0 Å². The molecule has 4 heteroatoms. The van der Waals surface area contributed by atoms with E-state index in [1.165, 1.54) is 12.8 Å². The fourth-order valence-electron chi connectivity index (χ4n) is 3.51. The van der Waals surface area contributed by atoms with E-state index in [0.29, 0.717) is 18.8 Å². The van der Waals surface area contributed by atoms with Gasteiger partial charge in [0.05, 0.1) is 18.2 Å². The largest absolute Gasteiger partial charge is 0.459 e. The minimum atomic E-state index is 0.161. The van der Waals surface area contributed by atoms with Gasteiger partial charge in [-0.1, -0.05) is 18.2 Å². The maximum absolute atomic E-state index is 6.03. The first-order chi connectivity index (χ1) is 9.83. The van der Waals surface area contributed by atoms with Crippen LogP contribution in [-0.2, 0) is 4.74 Å². The summed E-state index contributed by atoms with van der Waals surface area (Å²) in [5.41, 5.74) is 6.97. The number of nitrogens with two attached hydrogens (primary N) is 1. The third-order valence-electron chi connectivity index (χ3n) is 4.51. The van der Waals surface area contributed by atoms with Crippen molar-refractivity contribution in [2.24, 2.45) is 5.73 Å². The van der Waals surface area contributed by atoms with Gasteiger partial charge in [0, 0.05) is 25.0 Å². The summed E-state index contributed by atoms with van der Waals surface area (Å²) in [7, 11) is 0. The predicted molar refractivity (Wildman–Crippen MR) is 77.5 cm³/mol. The third kappa shape index (κ3) is 2.04. The Balaban J connectivity index is 1.63. The Morgan fingerprint density at radius 3 is 2.65 bits per heavy atom. The summed E-state index contributed by atoms with van der Waals surface area (Å²) in [6, 6.07) is 10.4. The number of benzene rings is 1. The zero-order valence-corrected chi connectivity index (χ0v) is 11.5. The van der Waals surface area contributed by atoms with Crippen molar-refractivity contribution >= 4 is 11.0 Å². The number of furan rings is 1. The van der Waals surface area contributed by atoms with Crippen molar-refractivity contribution in [2.45, 2.75) is 31.1 Å². The van der Waals surface area contributed by atoms with Crippen LogP contribution in [0.5, 0.6) is 0 Å². The Morgan fingerprint density at radius 1 is 1.20 bits per heavy atom. The summed E-state index contributed by atoms with van der Waals surface area (Å²) >= 11 is 0. The molecule has 106 valence electrons. The van der Waals surface area contributed by atoms with E-state index in [1.807, 2.05) is 18.2 Å². The van der Waals surface area contributed by atoms with Crippen molar-refractivity contribution in [3.63, 3.8) is 0 Å². The van der Waals surface area contributed by atoms with Crippen molar-refractivity contribution < 1.29 is 9.15 Å². The summed E-state index contributed by atoms with van der Waals surface area (Å²) in [4.78, 5) is 2.43. The van der Waals surface area contributed by atoms with E-state index < -0.39 is 0 Å². The van der Waals surface area contributed by atoms with Crippen molar-refractivity contribution in [1.29, 1.82) is 0 Å². The quantitative estimate of drug-likeness (QED) is 0.931. The smallest absolute Gasteiger partial charge is 0.134 e. The number of nitrogens with zero attached hydrogens (tertiary/aromatic N) is 1. The normalized spacial score (nSPS) is 28.1. The van der Waals surface area contributed by atoms with Crippen LogP contribution in [0.1, 0.15) is 24.6 Å². The van der Waals surface area contributed by atoms with Crippen LogP contribution in [-0.4, -0.2) is 36.7 Å². The number of likely N-dealkylation sites (tertiary alicyclic amines) is 1. The summed E-state index contributed by atoms with van der Waals surface area (Å²) in [5, 5.41) is 1.15. The highest BCUT2D eigenvalue weighted by atomic mass is 16.5. The second-order valence-corrected chi connectivity index (χ2v) is 5.85. The SMILES string of the molecule is NCC(c1cc2ccccc2o1)N1CC2CCC(C1)O2. The molecule has 2 N–H and O–H groups in total. The molecular weight excluding hydrogens is 252 g/mol. The second-order valence-electron chi connectivity index (χ2n) is 5.85. The lowest BCUT2D eigenvalue weighted by atomic mass is 10.1. The van der Waals surface area contributed by atoms with Gasteiger partial charge in [0.25, 0.3) is 0 Å². The van der Waals surface area contributed by atoms with Crippen LogP contribution < -0.4 is 5.73 Å². The monoisotopic (exact) mass is 272 g/mol. The third-order valence-corrected chi connectivity index (χ3v) is 4.51. The molecule has 3 unspecified atom stereocenters. The Bertz CT molecular complexity index is 564. The fraction of sp³-hybridized carbons (Fsp3) is 0.500. The molecule has 0 spiro atoms. The predicted octanol–water partition coefficient (Wildman–Crippen LogP) is 2.30. The minimum absolute atomic E-state index is 0.161. The topological polar surface area (TPSA) is 51.6 Å². The van der Waals surface area contributed by atoms with Crippen LogP contribution in [0.25, 0.3) is 11.0 Å². The van der Waals surface area contributed by atoms with Gasteiger partial charge in [-0.2, -0.15) is 0 Å². The molecule has 2 aliphatic rings. The summed E-state index contributed by atoms with van der Waals surface area (Å²) in [5.74, 6) is 0.981. The first-order valence-electron chi connectivity index (χ1n) is 7.41. The average molecular weight is 272 g/mol. The van der Waals surface area contributed by atoms with Gasteiger partial charge in [0.2, 0.25) is 0 Å². The van der Waals surface area contributed by atoms with Crippen LogP contribution in [0.3, 0.4) is 0 Å². The van der Waals surface area contributed by atoms with Gasteiger partial charge in [-0.15, -0.1) is 0 Å². The molecule has 0 aliphatic carbocycles. The molecule has 3 heterocycles. The van der Waals surface area contributed by atoms with Gasteiger partial charge >= 0.3 is 0 Å². The van der Waals surface area contributed by atoms with Crippen molar-refractivity contribution in [2.75, 3.05) is 19.6 Å². The highest BCUT2D eigenvalue weighted by Crippen LogP contribution is 2.33. The molecule has 4 nitrogen and oxygen atoms in total. The van der Waals surface area contributed by atoms with E-state index in [9.17, 15) is 0 Å². The summed E-state index contributed by atoms with van der Waals surface area (Å²) in [6.45, 7) is 2.52. The molecule has 4 rings (SSSR count). The van der Waals surface area contributed by atoms with E-state index in [-0.39, 0.29) is 6.04 Å². The molecule has 2 bridgehead atoms. The minimum Gasteiger partial charge on any atom is -0.459 e. The maximum atomic E-state index is 6.03. The number of para-hydroxylation sites is 1. The lowest BCUT2D eigenvalue weighted by molar-refractivity contribution is -0.0544. The summed E-state index contributed by atoms with van der Waals surface area (Å²) in [6.07, 6.45) is 3.12. The molecule has 0 saturated carbocycles. The Kier molecular flexibility index (Phi) is 3.02. The van der Waals surface area contributed by atoms with Crippen LogP contribution in [0.2, 0.25) is 0 Å². The van der Waals surface area contributed by atoms with Crippen LogP contribution >= 0.6 is 0 Å². The van der Waals surface area contributed by atoms with Crippen molar-refractivity contribution in [1.82, 2.24) is 4.90 Å².